The third-order valence-corrected chi connectivity index (χ3v) is 8.72. The maximum absolute atomic E-state index is 15.0. The minimum atomic E-state index is -0.614. The fourth-order valence-electron chi connectivity index (χ4n) is 6.19. The van der Waals surface area contributed by atoms with Gasteiger partial charge in [-0.3, -0.25) is 19.6 Å². The molecule has 2 N–H and O–H groups in total. The molecule has 0 spiro atoms. The normalized spacial score (nSPS) is 16.8. The molecule has 47 heavy (non-hydrogen) atoms. The molecule has 7 rings (SSSR count). The number of halogens is 3. The number of carbonyl (C=O) groups is 2. The summed E-state index contributed by atoms with van der Waals surface area (Å²) < 4.78 is 43.3. The van der Waals surface area contributed by atoms with Gasteiger partial charge < -0.3 is 10.2 Å². The third-order valence-electron chi connectivity index (χ3n) is 8.72. The molecule has 1 saturated heterocycles. The number of nitrogens with one attached hydrogen (secondary N) is 2. The van der Waals surface area contributed by atoms with Crippen LogP contribution in [0, 0.1) is 23.4 Å². The lowest BCUT2D eigenvalue weighted by Crippen LogP contribution is -2.42. The summed E-state index contributed by atoms with van der Waals surface area (Å²) in [6.07, 6.45) is 5.70. The average molecular weight is 638 g/mol. The Morgan fingerprint density at radius 3 is 2.47 bits per heavy atom. The van der Waals surface area contributed by atoms with Crippen LogP contribution in [0.5, 0.6) is 0 Å². The Morgan fingerprint density at radius 1 is 0.936 bits per heavy atom. The van der Waals surface area contributed by atoms with Gasteiger partial charge in [0.25, 0.3) is 0 Å². The van der Waals surface area contributed by atoms with Crippen LogP contribution in [0.3, 0.4) is 0 Å². The Balaban J connectivity index is 0.940. The van der Waals surface area contributed by atoms with Crippen molar-refractivity contribution in [2.24, 2.45) is 5.92 Å². The number of likely N-dealkylation sites (tertiary alicyclic amines) is 1. The molecule has 12 heteroatoms. The Morgan fingerprint density at radius 2 is 1.70 bits per heavy atom. The number of carbonyl (C=O) groups excluding carboxylic acids is 2. The van der Waals surface area contributed by atoms with E-state index >= 15 is 4.39 Å². The van der Waals surface area contributed by atoms with E-state index in [4.69, 9.17) is 0 Å². The van der Waals surface area contributed by atoms with Gasteiger partial charge in [0, 0.05) is 54.2 Å². The molecule has 2 aliphatic heterocycles. The van der Waals surface area contributed by atoms with Gasteiger partial charge in [0.2, 0.25) is 11.8 Å². The molecule has 2 amide bonds. The zero-order valence-corrected chi connectivity index (χ0v) is 25.2. The van der Waals surface area contributed by atoms with Crippen molar-refractivity contribution in [2.45, 2.75) is 12.8 Å². The lowest BCUT2D eigenvalue weighted by atomic mass is 9.97. The van der Waals surface area contributed by atoms with Crippen LogP contribution in [-0.4, -0.2) is 74.5 Å². The maximum atomic E-state index is 15.0. The van der Waals surface area contributed by atoms with Gasteiger partial charge in [-0.25, -0.2) is 23.1 Å². The second kappa shape index (κ2) is 12.8. The highest BCUT2D eigenvalue weighted by Crippen LogP contribution is 2.31. The van der Waals surface area contributed by atoms with E-state index in [0.717, 1.165) is 28.6 Å². The second-order valence-corrected chi connectivity index (χ2v) is 11.8. The summed E-state index contributed by atoms with van der Waals surface area (Å²) in [6.45, 7) is 1.89. The van der Waals surface area contributed by atoms with Crippen LogP contribution in [0.4, 0.5) is 18.9 Å². The molecule has 5 aromatic rings. The maximum Gasteiger partial charge on any atom is 0.237 e. The lowest BCUT2D eigenvalue weighted by molar-refractivity contribution is -0.132. The second-order valence-electron chi connectivity index (χ2n) is 11.8. The molecule has 1 fully saturated rings. The predicted octanol–water partition coefficient (Wildman–Crippen LogP) is 5.68. The van der Waals surface area contributed by atoms with Crippen LogP contribution in [0.15, 0.2) is 79.1 Å². The fourth-order valence-corrected chi connectivity index (χ4v) is 6.19. The number of benzene rings is 3. The molecule has 9 nitrogen and oxygen atoms in total. The van der Waals surface area contributed by atoms with Gasteiger partial charge in [0.1, 0.15) is 17.5 Å². The minimum Gasteiger partial charge on any atom is -0.338 e. The number of hydrogen-bond donors (Lipinski definition) is 2. The number of rotatable bonds is 7. The molecular formula is C35H30F3N7O2. The van der Waals surface area contributed by atoms with E-state index < -0.39 is 11.6 Å². The number of nitrogens with zero attached hydrogens (tertiary/aromatic N) is 5. The van der Waals surface area contributed by atoms with Gasteiger partial charge in [-0.15, -0.1) is 0 Å². The molecule has 238 valence electrons. The number of aromatic nitrogens is 4. The first-order valence-electron chi connectivity index (χ1n) is 15.3. The van der Waals surface area contributed by atoms with Crippen molar-refractivity contribution >= 4 is 34.0 Å². The SMILES string of the molecule is O=C(Nc1ccc2[nH]nc(-c3ccc(F)cc3)c2c1)C1CCN(CC(=O)N2CC=C(c3cc(F)c(-c4ncccn4)cc3F)CC2)C1. The molecule has 0 aliphatic carbocycles. The van der Waals surface area contributed by atoms with Crippen molar-refractivity contribution in [1.29, 1.82) is 0 Å². The first-order valence-corrected chi connectivity index (χ1v) is 15.3. The molecule has 3 aromatic carbocycles. The van der Waals surface area contributed by atoms with Gasteiger partial charge in [-0.2, -0.15) is 5.10 Å². The molecule has 0 bridgehead atoms. The van der Waals surface area contributed by atoms with Crippen LogP contribution in [-0.2, 0) is 9.59 Å². The fraction of sp³-hybridized carbons (Fsp3) is 0.229. The summed E-state index contributed by atoms with van der Waals surface area (Å²) in [4.78, 5) is 38.0. The standard InChI is InChI=1S/C35H30F3N7O2/c36-24-4-2-22(3-5-24)33-28-16-25(6-7-31(28)42-43-33)41-35(47)23-8-13-44(19-23)20-32(46)45-14-9-21(10-15-45)26-17-30(38)27(18-29(26)37)34-39-11-1-12-40-34/h1-7,9,11-12,16-18,23H,8,10,13-15,19-20H2,(H,41,47)(H,42,43). The first-order chi connectivity index (χ1) is 22.8. The molecule has 1 atom stereocenters. The molecule has 0 radical (unpaired) electrons. The number of hydrogen-bond acceptors (Lipinski definition) is 6. The molecule has 2 aromatic heterocycles. The average Bonchev–Trinajstić information content (AvgIpc) is 3.74. The quantitative estimate of drug-likeness (QED) is 0.238. The molecule has 4 heterocycles. The summed E-state index contributed by atoms with van der Waals surface area (Å²) in [7, 11) is 0. The van der Waals surface area contributed by atoms with E-state index in [1.807, 2.05) is 17.0 Å². The number of H-pyrrole nitrogens is 1. The molecule has 2 aliphatic rings. The van der Waals surface area contributed by atoms with E-state index in [-0.39, 0.29) is 53.6 Å². The summed E-state index contributed by atoms with van der Waals surface area (Å²) in [5, 5.41) is 11.1. The summed E-state index contributed by atoms with van der Waals surface area (Å²) >= 11 is 0. The monoisotopic (exact) mass is 637 g/mol. The number of aromatic amines is 1. The van der Waals surface area contributed by atoms with E-state index in [1.165, 1.54) is 24.5 Å². The highest BCUT2D eigenvalue weighted by molar-refractivity contribution is 5.99. The number of anilines is 1. The van der Waals surface area contributed by atoms with Gasteiger partial charge in [0.05, 0.1) is 29.2 Å². The first kappa shape index (κ1) is 30.3. The van der Waals surface area contributed by atoms with Crippen molar-refractivity contribution in [3.8, 4) is 22.6 Å². The van der Waals surface area contributed by atoms with Crippen molar-refractivity contribution in [1.82, 2.24) is 30.0 Å². The van der Waals surface area contributed by atoms with Crippen LogP contribution in [0.2, 0.25) is 0 Å². The van der Waals surface area contributed by atoms with Gasteiger partial charge in [0.15, 0.2) is 5.82 Å². The number of fused-ring (bicyclic) bond motifs is 1. The minimum absolute atomic E-state index is 0.00676. The largest absolute Gasteiger partial charge is 0.338 e. The Labute approximate surface area is 268 Å². The smallest absolute Gasteiger partial charge is 0.237 e. The molecule has 1 unspecified atom stereocenters. The van der Waals surface area contributed by atoms with Crippen LogP contribution in [0.25, 0.3) is 39.1 Å². The van der Waals surface area contributed by atoms with Crippen molar-refractivity contribution in [3.63, 3.8) is 0 Å². The summed E-state index contributed by atoms with van der Waals surface area (Å²) in [5.41, 5.74) is 3.63. The summed E-state index contributed by atoms with van der Waals surface area (Å²) in [5.74, 6) is -1.90. The van der Waals surface area contributed by atoms with Crippen LogP contribution >= 0.6 is 0 Å². The highest BCUT2D eigenvalue weighted by Gasteiger charge is 2.31. The molecule has 0 saturated carbocycles. The third kappa shape index (κ3) is 6.36. The highest BCUT2D eigenvalue weighted by atomic mass is 19.1. The molecular weight excluding hydrogens is 607 g/mol. The zero-order valence-electron chi connectivity index (χ0n) is 25.2. The van der Waals surface area contributed by atoms with Crippen molar-refractivity contribution in [3.05, 3.63) is 102 Å². The summed E-state index contributed by atoms with van der Waals surface area (Å²) in [6, 6.07) is 15.4. The van der Waals surface area contributed by atoms with Crippen molar-refractivity contribution in [2.75, 3.05) is 38.0 Å². The van der Waals surface area contributed by atoms with E-state index in [1.54, 1.807) is 35.2 Å². The lowest BCUT2D eigenvalue weighted by Gasteiger charge is -2.28. The Bertz CT molecular complexity index is 2000. The Kier molecular flexibility index (Phi) is 8.25. The van der Waals surface area contributed by atoms with E-state index in [9.17, 15) is 18.4 Å². The van der Waals surface area contributed by atoms with Gasteiger partial charge in [-0.05, 0) is 85.6 Å². The Hall–Kier alpha value is -5.36. The van der Waals surface area contributed by atoms with Gasteiger partial charge in [-0.1, -0.05) is 6.08 Å². The topological polar surface area (TPSA) is 107 Å². The van der Waals surface area contributed by atoms with Gasteiger partial charge >= 0.3 is 0 Å². The van der Waals surface area contributed by atoms with Crippen molar-refractivity contribution < 1.29 is 22.8 Å². The number of amides is 2. The van der Waals surface area contributed by atoms with E-state index in [2.05, 4.69) is 25.5 Å². The van der Waals surface area contributed by atoms with Crippen LogP contribution in [0.1, 0.15) is 18.4 Å². The zero-order chi connectivity index (χ0) is 32.5. The predicted molar refractivity (Wildman–Crippen MR) is 171 cm³/mol. The van der Waals surface area contributed by atoms with Crippen LogP contribution < -0.4 is 5.32 Å². The van der Waals surface area contributed by atoms with E-state index in [0.29, 0.717) is 49.4 Å².